The first kappa shape index (κ1) is 20.3. The van der Waals surface area contributed by atoms with Gasteiger partial charge < -0.3 is 10.3 Å². The third kappa shape index (κ3) is 6.35. The van der Waals surface area contributed by atoms with Crippen molar-refractivity contribution in [1.82, 2.24) is 19.7 Å². The summed E-state index contributed by atoms with van der Waals surface area (Å²) in [6.07, 6.45) is 8.54. The SMILES string of the molecule is CC(C)O[N-]Cc1nc(-c2cnn(CCc3ccncc3)c2)cs1.[Y]. The third-order valence-electron chi connectivity index (χ3n) is 3.34. The molecule has 0 aliphatic carbocycles. The van der Waals surface area contributed by atoms with Gasteiger partial charge in [-0.15, -0.1) is 11.3 Å². The fraction of sp³-hybridized carbons (Fsp3) is 0.353. The van der Waals surface area contributed by atoms with Crippen LogP contribution >= 0.6 is 11.3 Å². The van der Waals surface area contributed by atoms with E-state index in [1.807, 2.05) is 60.8 Å². The molecule has 8 heteroatoms. The summed E-state index contributed by atoms with van der Waals surface area (Å²) in [5, 5.41) is 7.39. The molecule has 1 radical (unpaired) electrons. The Kier molecular flexibility index (Phi) is 8.32. The van der Waals surface area contributed by atoms with Gasteiger partial charge >= 0.3 is 0 Å². The maximum atomic E-state index is 5.21. The Balaban J connectivity index is 0.00000225. The maximum Gasteiger partial charge on any atom is 0.0845 e. The van der Waals surface area contributed by atoms with E-state index in [9.17, 15) is 0 Å². The van der Waals surface area contributed by atoms with E-state index in [1.165, 1.54) is 5.56 Å². The molecule has 0 saturated carbocycles. The first-order valence-corrected chi connectivity index (χ1v) is 8.77. The molecular weight excluding hydrogens is 411 g/mol. The van der Waals surface area contributed by atoms with Gasteiger partial charge in [0.15, 0.2) is 0 Å². The fourth-order valence-electron chi connectivity index (χ4n) is 2.17. The molecule has 0 unspecified atom stereocenters. The van der Waals surface area contributed by atoms with Crippen LogP contribution in [0, 0.1) is 0 Å². The van der Waals surface area contributed by atoms with Crippen LogP contribution in [0.3, 0.4) is 0 Å². The summed E-state index contributed by atoms with van der Waals surface area (Å²) in [7, 11) is 0. The van der Waals surface area contributed by atoms with Crippen molar-refractivity contribution >= 4 is 11.3 Å². The Morgan fingerprint density at radius 1 is 1.28 bits per heavy atom. The third-order valence-corrected chi connectivity index (χ3v) is 4.18. The van der Waals surface area contributed by atoms with Gasteiger partial charge in [-0.1, -0.05) is 6.54 Å². The van der Waals surface area contributed by atoms with Gasteiger partial charge in [0.2, 0.25) is 0 Å². The largest absolute Gasteiger partial charge is 0.528 e. The van der Waals surface area contributed by atoms with Crippen molar-refractivity contribution in [3.63, 3.8) is 0 Å². The number of aryl methyl sites for hydroxylation is 2. The predicted molar refractivity (Wildman–Crippen MR) is 94.6 cm³/mol. The monoisotopic (exact) mass is 431 g/mol. The van der Waals surface area contributed by atoms with Crippen molar-refractivity contribution in [2.75, 3.05) is 0 Å². The first-order chi connectivity index (χ1) is 11.7. The second-order valence-corrected chi connectivity index (χ2v) is 6.61. The molecular formula is C17H20N5OSY-. The molecule has 0 aliphatic heterocycles. The number of hydroxylamine groups is 1. The molecule has 3 rings (SSSR count). The minimum absolute atomic E-state index is 0. The van der Waals surface area contributed by atoms with Gasteiger partial charge in [-0.25, -0.2) is 4.98 Å². The zero-order valence-electron chi connectivity index (χ0n) is 14.4. The summed E-state index contributed by atoms with van der Waals surface area (Å²) in [5.74, 6) is 0. The molecule has 0 saturated heterocycles. The number of thiazole rings is 1. The quantitative estimate of drug-likeness (QED) is 0.508. The molecule has 0 bridgehead atoms. The van der Waals surface area contributed by atoms with Gasteiger partial charge in [0.05, 0.1) is 16.9 Å². The molecule has 25 heavy (non-hydrogen) atoms. The molecule has 3 heterocycles. The van der Waals surface area contributed by atoms with Crippen LogP contribution in [0.1, 0.15) is 24.4 Å². The van der Waals surface area contributed by atoms with E-state index in [0.717, 1.165) is 29.2 Å². The van der Waals surface area contributed by atoms with Crippen LogP contribution in [-0.2, 0) is 57.1 Å². The van der Waals surface area contributed by atoms with E-state index < -0.39 is 0 Å². The zero-order chi connectivity index (χ0) is 16.8. The Morgan fingerprint density at radius 2 is 2.08 bits per heavy atom. The van der Waals surface area contributed by atoms with E-state index in [2.05, 4.69) is 20.5 Å². The molecule has 0 aromatic carbocycles. The number of aromatic nitrogens is 4. The minimum Gasteiger partial charge on any atom is -0.528 e. The summed E-state index contributed by atoms with van der Waals surface area (Å²) in [6, 6.07) is 4.06. The topological polar surface area (TPSA) is 66.9 Å². The van der Waals surface area contributed by atoms with Crippen LogP contribution in [0.15, 0.2) is 42.3 Å². The van der Waals surface area contributed by atoms with E-state index in [4.69, 9.17) is 4.84 Å². The number of rotatable bonds is 8. The average molecular weight is 431 g/mol. The van der Waals surface area contributed by atoms with Crippen LogP contribution in [0.2, 0.25) is 0 Å². The van der Waals surface area contributed by atoms with E-state index >= 15 is 0 Å². The second-order valence-electron chi connectivity index (χ2n) is 5.67. The standard InChI is InChI=1S/C17H20N5OS.Y/c1-13(2)23-20-10-17-21-16(12-24-17)15-9-19-22(11-15)8-5-14-3-6-18-7-4-14;/h3-4,6-7,9,11-13H,5,8,10H2,1-2H3;/q-1;. The Labute approximate surface area is 176 Å². The predicted octanol–water partition coefficient (Wildman–Crippen LogP) is 3.86. The van der Waals surface area contributed by atoms with Crippen molar-refractivity contribution < 1.29 is 37.5 Å². The van der Waals surface area contributed by atoms with E-state index in [0.29, 0.717) is 6.54 Å². The van der Waals surface area contributed by atoms with Gasteiger partial charge in [0.1, 0.15) is 0 Å². The van der Waals surface area contributed by atoms with Crippen molar-refractivity contribution in [3.8, 4) is 11.3 Å². The normalized spacial score (nSPS) is 10.8. The van der Waals surface area contributed by atoms with Crippen molar-refractivity contribution in [3.05, 3.63) is 58.4 Å². The Morgan fingerprint density at radius 3 is 2.84 bits per heavy atom. The second kappa shape index (κ2) is 10.2. The number of hydrogen-bond acceptors (Lipinski definition) is 5. The van der Waals surface area contributed by atoms with E-state index in [-0.39, 0.29) is 38.8 Å². The van der Waals surface area contributed by atoms with Gasteiger partial charge in [0, 0.05) is 74.9 Å². The summed E-state index contributed by atoms with van der Waals surface area (Å²) in [6.45, 7) is 5.23. The fourth-order valence-corrected chi connectivity index (χ4v) is 2.88. The first-order valence-electron chi connectivity index (χ1n) is 7.89. The Hall–Kier alpha value is -0.986. The Bertz CT molecular complexity index is 759. The smallest absolute Gasteiger partial charge is 0.0845 e. The zero-order valence-corrected chi connectivity index (χ0v) is 18.0. The van der Waals surface area contributed by atoms with Crippen molar-refractivity contribution in [2.24, 2.45) is 0 Å². The minimum atomic E-state index is 0. The van der Waals surface area contributed by atoms with Crippen LogP contribution in [-0.4, -0.2) is 25.9 Å². The average Bonchev–Trinajstić information content (AvgIpc) is 3.22. The van der Waals surface area contributed by atoms with Gasteiger partial charge in [0.25, 0.3) is 0 Å². The van der Waals surface area contributed by atoms with Gasteiger partial charge in [-0.3, -0.25) is 9.67 Å². The molecule has 0 aliphatic rings. The van der Waals surface area contributed by atoms with Crippen LogP contribution in [0.25, 0.3) is 16.7 Å². The molecule has 6 nitrogen and oxygen atoms in total. The molecule has 0 spiro atoms. The molecule has 0 atom stereocenters. The molecule has 129 valence electrons. The van der Waals surface area contributed by atoms with Crippen molar-refractivity contribution in [1.29, 1.82) is 0 Å². The van der Waals surface area contributed by atoms with Crippen LogP contribution in [0.5, 0.6) is 0 Å². The molecule has 3 aromatic rings. The van der Waals surface area contributed by atoms with Crippen LogP contribution in [0.4, 0.5) is 0 Å². The van der Waals surface area contributed by atoms with Gasteiger partial charge in [-0.2, -0.15) is 5.10 Å². The number of pyridine rings is 1. The summed E-state index contributed by atoms with van der Waals surface area (Å²) in [4.78, 5) is 13.8. The maximum absolute atomic E-state index is 5.21. The summed E-state index contributed by atoms with van der Waals surface area (Å²) >= 11 is 1.59. The van der Waals surface area contributed by atoms with Crippen LogP contribution < -0.4 is 0 Å². The van der Waals surface area contributed by atoms with Crippen molar-refractivity contribution in [2.45, 2.75) is 39.5 Å². The summed E-state index contributed by atoms with van der Waals surface area (Å²) < 4.78 is 1.95. The molecule has 0 fully saturated rings. The molecule has 0 N–H and O–H groups in total. The van der Waals surface area contributed by atoms with E-state index in [1.54, 1.807) is 11.3 Å². The molecule has 0 amide bonds. The molecule has 3 aromatic heterocycles. The van der Waals surface area contributed by atoms with Gasteiger partial charge in [-0.05, 0) is 38.0 Å². The number of hydrogen-bond donors (Lipinski definition) is 0. The summed E-state index contributed by atoms with van der Waals surface area (Å²) in [5.41, 5.74) is 7.25. The number of nitrogens with zero attached hydrogens (tertiary/aromatic N) is 5.